The molecule has 100 valence electrons. The Labute approximate surface area is 109 Å². The molecule has 2 heterocycles. The predicted octanol–water partition coefficient (Wildman–Crippen LogP) is 3.07. The number of hydrogen-bond acceptors (Lipinski definition) is 4. The SMILES string of the molecule is CSc1ccc2cc(C(=O)O)c(C(F)(F)F)nc2n1. The molecule has 0 aliphatic rings. The molecular formula is C11H7F3N2O2S. The van der Waals surface area contributed by atoms with E-state index in [2.05, 4.69) is 9.97 Å². The minimum absolute atomic E-state index is 0.121. The summed E-state index contributed by atoms with van der Waals surface area (Å²) >= 11 is 1.26. The maximum Gasteiger partial charge on any atom is 0.434 e. The molecule has 0 aliphatic carbocycles. The lowest BCUT2D eigenvalue weighted by Gasteiger charge is -2.10. The van der Waals surface area contributed by atoms with Crippen molar-refractivity contribution in [2.75, 3.05) is 6.26 Å². The van der Waals surface area contributed by atoms with Gasteiger partial charge in [-0.3, -0.25) is 0 Å². The van der Waals surface area contributed by atoms with Crippen LogP contribution in [-0.2, 0) is 6.18 Å². The molecule has 0 saturated carbocycles. The second-order valence-electron chi connectivity index (χ2n) is 3.59. The summed E-state index contributed by atoms with van der Waals surface area (Å²) < 4.78 is 38.3. The van der Waals surface area contributed by atoms with E-state index in [9.17, 15) is 18.0 Å². The number of fused-ring (bicyclic) bond motifs is 1. The number of hydrogen-bond donors (Lipinski definition) is 1. The van der Waals surface area contributed by atoms with Gasteiger partial charge in [-0.15, -0.1) is 11.8 Å². The molecule has 0 amide bonds. The van der Waals surface area contributed by atoms with Gasteiger partial charge < -0.3 is 5.11 Å². The highest BCUT2D eigenvalue weighted by Gasteiger charge is 2.37. The van der Waals surface area contributed by atoms with Gasteiger partial charge >= 0.3 is 12.1 Å². The quantitative estimate of drug-likeness (QED) is 0.860. The Morgan fingerprint density at radius 3 is 2.53 bits per heavy atom. The van der Waals surface area contributed by atoms with E-state index in [1.165, 1.54) is 17.8 Å². The van der Waals surface area contributed by atoms with Crippen LogP contribution in [0.3, 0.4) is 0 Å². The number of halogens is 3. The Bertz CT molecular complexity index is 658. The predicted molar refractivity (Wildman–Crippen MR) is 63.3 cm³/mol. The van der Waals surface area contributed by atoms with E-state index in [0.717, 1.165) is 6.07 Å². The van der Waals surface area contributed by atoms with Crippen molar-refractivity contribution in [3.63, 3.8) is 0 Å². The van der Waals surface area contributed by atoms with E-state index in [-0.39, 0.29) is 11.0 Å². The number of carbonyl (C=O) groups is 1. The Morgan fingerprint density at radius 1 is 1.32 bits per heavy atom. The van der Waals surface area contributed by atoms with Crippen LogP contribution in [0.5, 0.6) is 0 Å². The van der Waals surface area contributed by atoms with E-state index < -0.39 is 23.4 Å². The first-order valence-electron chi connectivity index (χ1n) is 4.99. The molecule has 0 spiro atoms. The topological polar surface area (TPSA) is 63.1 Å². The van der Waals surface area contributed by atoms with E-state index in [4.69, 9.17) is 5.11 Å². The van der Waals surface area contributed by atoms with Gasteiger partial charge in [0.2, 0.25) is 0 Å². The highest BCUT2D eigenvalue weighted by Crippen LogP contribution is 2.32. The summed E-state index contributed by atoms with van der Waals surface area (Å²) in [6.07, 6.45) is -3.11. The molecule has 2 rings (SSSR count). The maximum atomic E-state index is 12.8. The first-order chi connectivity index (χ1) is 8.82. The number of carboxylic acids is 1. The van der Waals surface area contributed by atoms with E-state index in [1.54, 1.807) is 12.3 Å². The van der Waals surface area contributed by atoms with Gasteiger partial charge in [0, 0.05) is 5.39 Å². The molecule has 0 radical (unpaired) electrons. The number of thioether (sulfide) groups is 1. The van der Waals surface area contributed by atoms with Crippen molar-refractivity contribution < 1.29 is 23.1 Å². The van der Waals surface area contributed by atoms with Crippen LogP contribution in [0, 0.1) is 0 Å². The molecule has 2 aromatic heterocycles. The van der Waals surface area contributed by atoms with Crippen molar-refractivity contribution in [3.8, 4) is 0 Å². The Balaban J connectivity index is 2.77. The van der Waals surface area contributed by atoms with Crippen molar-refractivity contribution in [3.05, 3.63) is 29.5 Å². The van der Waals surface area contributed by atoms with E-state index in [0.29, 0.717) is 5.03 Å². The molecular weight excluding hydrogens is 281 g/mol. The van der Waals surface area contributed by atoms with Crippen molar-refractivity contribution in [2.45, 2.75) is 11.2 Å². The fourth-order valence-corrected chi connectivity index (χ4v) is 1.91. The number of alkyl halides is 3. The van der Waals surface area contributed by atoms with Crippen LogP contribution in [0.15, 0.2) is 23.2 Å². The number of rotatable bonds is 2. The molecule has 0 saturated heterocycles. The average Bonchev–Trinajstić information content (AvgIpc) is 2.35. The minimum Gasteiger partial charge on any atom is -0.478 e. The van der Waals surface area contributed by atoms with Gasteiger partial charge in [0.15, 0.2) is 11.3 Å². The number of nitrogens with zero attached hydrogens (tertiary/aromatic N) is 2. The third-order valence-electron chi connectivity index (χ3n) is 2.36. The minimum atomic E-state index is -4.83. The molecule has 8 heteroatoms. The van der Waals surface area contributed by atoms with Crippen LogP contribution in [0.1, 0.15) is 16.1 Å². The first-order valence-corrected chi connectivity index (χ1v) is 6.21. The summed E-state index contributed by atoms with van der Waals surface area (Å²) in [5.74, 6) is -1.67. The molecule has 0 bridgehead atoms. The fourth-order valence-electron chi connectivity index (χ4n) is 1.53. The number of carboxylic acid groups (broad SMARTS) is 1. The Kier molecular flexibility index (Phi) is 3.36. The molecule has 0 fully saturated rings. The second-order valence-corrected chi connectivity index (χ2v) is 4.41. The van der Waals surface area contributed by atoms with Gasteiger partial charge in [-0.05, 0) is 24.5 Å². The third-order valence-corrected chi connectivity index (χ3v) is 3.01. The average molecular weight is 288 g/mol. The lowest BCUT2D eigenvalue weighted by molar-refractivity contribution is -0.141. The molecule has 2 aromatic rings. The van der Waals surface area contributed by atoms with Crippen LogP contribution in [-0.4, -0.2) is 27.3 Å². The normalized spacial score (nSPS) is 11.8. The van der Waals surface area contributed by atoms with Crippen molar-refractivity contribution in [2.24, 2.45) is 0 Å². The summed E-state index contributed by atoms with van der Waals surface area (Å²) in [6, 6.07) is 4.02. The summed E-state index contributed by atoms with van der Waals surface area (Å²) in [5, 5.41) is 9.59. The number of pyridine rings is 2. The van der Waals surface area contributed by atoms with Crippen LogP contribution >= 0.6 is 11.8 Å². The van der Waals surface area contributed by atoms with Crippen molar-refractivity contribution in [1.82, 2.24) is 9.97 Å². The van der Waals surface area contributed by atoms with Gasteiger partial charge in [-0.1, -0.05) is 0 Å². The maximum absolute atomic E-state index is 12.8. The van der Waals surface area contributed by atoms with E-state index in [1.807, 2.05) is 0 Å². The second kappa shape index (κ2) is 4.69. The van der Waals surface area contributed by atoms with Gasteiger partial charge in [-0.2, -0.15) is 13.2 Å². The molecule has 0 unspecified atom stereocenters. The summed E-state index contributed by atoms with van der Waals surface area (Å²) in [7, 11) is 0. The standard InChI is InChI=1S/C11H7F3N2O2S/c1-19-7-3-2-5-4-6(10(17)18)8(11(12,13)14)16-9(5)15-7/h2-4H,1H3,(H,17,18). The lowest BCUT2D eigenvalue weighted by Crippen LogP contribution is -2.15. The lowest BCUT2D eigenvalue weighted by atomic mass is 10.1. The van der Waals surface area contributed by atoms with Crippen molar-refractivity contribution >= 4 is 28.8 Å². The molecule has 1 N–H and O–H groups in total. The van der Waals surface area contributed by atoms with Crippen LogP contribution in [0.2, 0.25) is 0 Å². The first kappa shape index (κ1) is 13.6. The van der Waals surface area contributed by atoms with Gasteiger partial charge in [0.25, 0.3) is 0 Å². The largest absolute Gasteiger partial charge is 0.478 e. The zero-order valence-electron chi connectivity index (χ0n) is 9.52. The van der Waals surface area contributed by atoms with Crippen molar-refractivity contribution in [1.29, 1.82) is 0 Å². The highest BCUT2D eigenvalue weighted by atomic mass is 32.2. The van der Waals surface area contributed by atoms with Gasteiger partial charge in [0.05, 0.1) is 10.6 Å². The van der Waals surface area contributed by atoms with Gasteiger partial charge in [-0.25, -0.2) is 14.8 Å². The summed E-state index contributed by atoms with van der Waals surface area (Å²) in [4.78, 5) is 18.1. The third kappa shape index (κ3) is 2.62. The monoisotopic (exact) mass is 288 g/mol. The Hall–Kier alpha value is -1.83. The van der Waals surface area contributed by atoms with Crippen LogP contribution in [0.25, 0.3) is 11.0 Å². The van der Waals surface area contributed by atoms with Gasteiger partial charge in [0.1, 0.15) is 0 Å². The summed E-state index contributed by atoms with van der Waals surface area (Å²) in [6.45, 7) is 0. The van der Waals surface area contributed by atoms with Crippen LogP contribution < -0.4 is 0 Å². The Morgan fingerprint density at radius 2 is 2.00 bits per heavy atom. The molecule has 19 heavy (non-hydrogen) atoms. The van der Waals surface area contributed by atoms with Crippen LogP contribution in [0.4, 0.5) is 13.2 Å². The smallest absolute Gasteiger partial charge is 0.434 e. The highest BCUT2D eigenvalue weighted by molar-refractivity contribution is 7.98. The van der Waals surface area contributed by atoms with E-state index >= 15 is 0 Å². The summed E-state index contributed by atoms with van der Waals surface area (Å²) in [5.41, 5.74) is -2.43. The molecule has 0 aromatic carbocycles. The number of aromatic nitrogens is 2. The molecule has 0 atom stereocenters. The zero-order valence-corrected chi connectivity index (χ0v) is 10.3. The number of aromatic carboxylic acids is 1. The molecule has 0 aliphatic heterocycles. The fraction of sp³-hybridized carbons (Fsp3) is 0.182. The molecule has 4 nitrogen and oxygen atoms in total. The zero-order chi connectivity index (χ0) is 14.2.